The largest absolute Gasteiger partial charge is 0.524 e. The number of benzene rings is 3. The summed E-state index contributed by atoms with van der Waals surface area (Å²) in [7, 11) is 0.0747. The van der Waals surface area contributed by atoms with E-state index in [0.717, 1.165) is 22.5 Å². The molecule has 5 N–H and O–H groups in total. The van der Waals surface area contributed by atoms with Gasteiger partial charge in [0.05, 0.1) is 14.2 Å². The van der Waals surface area contributed by atoms with Gasteiger partial charge >= 0.3 is 13.9 Å². The van der Waals surface area contributed by atoms with Crippen molar-refractivity contribution in [1.82, 2.24) is 15.4 Å². The summed E-state index contributed by atoms with van der Waals surface area (Å²) in [6, 6.07) is 15.3. The second-order valence-electron chi connectivity index (χ2n) is 9.31. The number of urea groups is 1. The van der Waals surface area contributed by atoms with E-state index in [1.165, 1.54) is 12.0 Å². The number of fused-ring (bicyclic) bond motifs is 1. The summed E-state index contributed by atoms with van der Waals surface area (Å²) in [5.74, 6) is 0.647. The number of nitrogens with zero attached hydrogens (tertiary/aromatic N) is 2. The van der Waals surface area contributed by atoms with Gasteiger partial charge in [-0.15, -0.1) is 0 Å². The van der Waals surface area contributed by atoms with E-state index in [9.17, 15) is 24.3 Å². The minimum Gasteiger partial charge on any atom is -0.507 e. The zero-order chi connectivity index (χ0) is 28.6. The number of carbonyl (C=O) groups excluding carboxylic acids is 1. The molecule has 210 valence electrons. The third kappa shape index (κ3) is 5.43. The summed E-state index contributed by atoms with van der Waals surface area (Å²) < 4.78 is 29.3. The summed E-state index contributed by atoms with van der Waals surface area (Å²) in [6.45, 7) is 0. The van der Waals surface area contributed by atoms with Crippen LogP contribution in [0.25, 0.3) is 10.9 Å². The van der Waals surface area contributed by atoms with Crippen molar-refractivity contribution < 1.29 is 38.3 Å². The number of phenols is 1. The van der Waals surface area contributed by atoms with Gasteiger partial charge in [0.15, 0.2) is 11.5 Å². The first-order valence-corrected chi connectivity index (χ1v) is 13.8. The monoisotopic (exact) mass is 568 g/mol. The molecule has 1 aliphatic rings. The third-order valence-corrected chi connectivity index (χ3v) is 7.23. The van der Waals surface area contributed by atoms with Gasteiger partial charge in [-0.25, -0.2) is 14.8 Å². The predicted octanol–water partition coefficient (Wildman–Crippen LogP) is 3.89. The molecule has 0 aliphatic carbocycles. The van der Waals surface area contributed by atoms with Crippen molar-refractivity contribution in [3.63, 3.8) is 0 Å². The average molecular weight is 569 g/mol. The van der Waals surface area contributed by atoms with E-state index >= 15 is 0 Å². The number of hydrogen-bond donors (Lipinski definition) is 5. The van der Waals surface area contributed by atoms with Crippen molar-refractivity contribution in [3.8, 4) is 23.0 Å². The molecule has 1 unspecified atom stereocenters. The predicted molar refractivity (Wildman–Crippen MR) is 148 cm³/mol. The lowest BCUT2D eigenvalue weighted by atomic mass is 9.99. The number of nitrogens with one attached hydrogen (secondary N) is 2. The fraction of sp³-hybridized carbons (Fsp3) is 0.222. The fourth-order valence-corrected chi connectivity index (χ4v) is 5.28. The highest BCUT2D eigenvalue weighted by Crippen LogP contribution is 2.44. The highest BCUT2D eigenvalue weighted by Gasteiger charge is 2.35. The van der Waals surface area contributed by atoms with E-state index in [2.05, 4.69) is 10.9 Å². The van der Waals surface area contributed by atoms with Crippen LogP contribution in [0.5, 0.6) is 23.0 Å². The molecule has 1 aliphatic heterocycles. The van der Waals surface area contributed by atoms with Gasteiger partial charge in [-0.05, 0) is 66.4 Å². The highest BCUT2D eigenvalue weighted by atomic mass is 31.2. The summed E-state index contributed by atoms with van der Waals surface area (Å²) in [6.07, 6.45) is 1.84. The molecule has 0 bridgehead atoms. The van der Waals surface area contributed by atoms with Gasteiger partial charge < -0.3 is 23.7 Å². The number of aromatic hydroxyl groups is 1. The van der Waals surface area contributed by atoms with Gasteiger partial charge in [0.2, 0.25) is 0 Å². The molecule has 1 fully saturated rings. The first-order chi connectivity index (χ1) is 19.1. The van der Waals surface area contributed by atoms with Crippen molar-refractivity contribution in [1.29, 1.82) is 0 Å². The number of hydrogen-bond acceptors (Lipinski definition) is 7. The number of ether oxygens (including phenoxy) is 2. The van der Waals surface area contributed by atoms with Crippen molar-refractivity contribution in [2.24, 2.45) is 7.05 Å². The molecule has 0 saturated carbocycles. The second-order valence-corrected chi connectivity index (χ2v) is 10.5. The van der Waals surface area contributed by atoms with E-state index < -0.39 is 20.0 Å². The first-order valence-electron chi connectivity index (χ1n) is 12.3. The number of amides is 2. The number of phosphoric ester groups is 1. The molecule has 3 aromatic carbocycles. The third-order valence-electron chi connectivity index (χ3n) is 6.79. The number of methoxy groups -OCH3 is 2. The maximum atomic E-state index is 12.9. The summed E-state index contributed by atoms with van der Waals surface area (Å²) in [4.78, 5) is 33.3. The van der Waals surface area contributed by atoms with E-state index in [0.29, 0.717) is 41.2 Å². The van der Waals surface area contributed by atoms with Crippen LogP contribution in [-0.2, 0) is 24.5 Å². The van der Waals surface area contributed by atoms with Crippen LogP contribution < -0.4 is 29.7 Å². The van der Waals surface area contributed by atoms with Crippen molar-refractivity contribution in [2.45, 2.75) is 19.0 Å². The second kappa shape index (κ2) is 10.7. The number of phenolic OH excluding ortho intramolecular Hbond substituents is 1. The number of anilines is 1. The number of rotatable bonds is 9. The number of aryl methyl sites for hydroxylation is 3. The Labute approximate surface area is 229 Å². The van der Waals surface area contributed by atoms with Gasteiger partial charge in [0.1, 0.15) is 17.7 Å². The van der Waals surface area contributed by atoms with Gasteiger partial charge in [0.25, 0.3) is 0 Å². The molecule has 0 radical (unpaired) electrons. The van der Waals surface area contributed by atoms with Crippen LogP contribution in [0.1, 0.15) is 22.9 Å². The van der Waals surface area contributed by atoms with Crippen LogP contribution in [0.4, 0.5) is 10.5 Å². The minimum atomic E-state index is -4.93. The quantitative estimate of drug-likeness (QED) is 0.189. The maximum Gasteiger partial charge on any atom is 0.524 e. The maximum absolute atomic E-state index is 12.9. The van der Waals surface area contributed by atoms with Gasteiger partial charge in [-0.2, -0.15) is 0 Å². The van der Waals surface area contributed by atoms with E-state index in [4.69, 9.17) is 14.0 Å². The number of hydrazine groups is 1. The number of phosphoric acid groups is 1. The van der Waals surface area contributed by atoms with E-state index in [1.54, 1.807) is 19.2 Å². The van der Waals surface area contributed by atoms with Crippen LogP contribution >= 0.6 is 7.82 Å². The Morgan fingerprint density at radius 2 is 1.73 bits per heavy atom. The molecule has 0 spiro atoms. The smallest absolute Gasteiger partial charge is 0.507 e. The standard InChI is InChI=1S/C27H29N4O8P/c1-30-11-10-17-13-19(7-8-21(17)30)31-26(28-29-27(31)33)20-14-18(24(15-22(20)32)39-40(34,35)36)6-4-16-5-9-23(37-2)25(12-16)38-3/h5,7-15,26,28,32H,4,6H2,1-3H3,(H,29,33)(H2,34,35,36). The van der Waals surface area contributed by atoms with Crippen LogP contribution in [0.3, 0.4) is 0 Å². The molecule has 2 amide bonds. The normalized spacial score (nSPS) is 15.4. The van der Waals surface area contributed by atoms with Crippen molar-refractivity contribution in [3.05, 3.63) is 77.5 Å². The van der Waals surface area contributed by atoms with Gasteiger partial charge in [-0.1, -0.05) is 6.07 Å². The lowest BCUT2D eigenvalue weighted by Gasteiger charge is -2.25. The lowest BCUT2D eigenvalue weighted by Crippen LogP contribution is -2.29. The molecule has 1 saturated heterocycles. The molecule has 1 atom stereocenters. The van der Waals surface area contributed by atoms with Crippen LogP contribution in [0.2, 0.25) is 0 Å². The van der Waals surface area contributed by atoms with E-state index in [1.807, 2.05) is 54.2 Å². The summed E-state index contributed by atoms with van der Waals surface area (Å²) >= 11 is 0. The van der Waals surface area contributed by atoms with Crippen molar-refractivity contribution in [2.75, 3.05) is 19.1 Å². The SMILES string of the molecule is COc1ccc(CCc2cc(C3NNC(=O)N3c3ccc4c(ccn4C)c3)c(O)cc2OP(=O)(O)O)cc1OC. The Bertz CT molecular complexity index is 1630. The van der Waals surface area contributed by atoms with Crippen molar-refractivity contribution >= 4 is 30.4 Å². The Balaban J connectivity index is 1.51. The molecule has 13 heteroatoms. The molecule has 4 aromatic rings. The van der Waals surface area contributed by atoms with Crippen LogP contribution in [0, 0.1) is 0 Å². The number of aromatic nitrogens is 1. The summed E-state index contributed by atoms with van der Waals surface area (Å²) in [5, 5.41) is 11.9. The molecular weight excluding hydrogens is 539 g/mol. The zero-order valence-corrected chi connectivity index (χ0v) is 22.9. The average Bonchev–Trinajstić information content (AvgIpc) is 3.48. The first kappa shape index (κ1) is 27.4. The summed E-state index contributed by atoms with van der Waals surface area (Å²) in [5.41, 5.74) is 8.68. The van der Waals surface area contributed by atoms with Gasteiger partial charge in [0, 0.05) is 41.5 Å². The highest BCUT2D eigenvalue weighted by molar-refractivity contribution is 7.46. The molecule has 1 aromatic heterocycles. The molecule has 12 nitrogen and oxygen atoms in total. The van der Waals surface area contributed by atoms with Crippen LogP contribution in [0.15, 0.2) is 60.8 Å². The van der Waals surface area contributed by atoms with E-state index in [-0.39, 0.29) is 11.5 Å². The zero-order valence-electron chi connectivity index (χ0n) is 22.0. The van der Waals surface area contributed by atoms with Gasteiger partial charge in [-0.3, -0.25) is 20.1 Å². The van der Waals surface area contributed by atoms with Crippen LogP contribution in [-0.4, -0.2) is 39.7 Å². The molecule has 2 heterocycles. The number of carbonyl (C=O) groups is 1. The minimum absolute atomic E-state index is 0.162. The molecule has 5 rings (SSSR count). The Morgan fingerprint density at radius 1 is 0.950 bits per heavy atom. The fourth-order valence-electron chi connectivity index (χ4n) is 4.85. The lowest BCUT2D eigenvalue weighted by molar-refractivity contribution is 0.250. The topological polar surface area (TPSA) is 155 Å². The Hall–Kier alpha value is -4.22. The molecule has 40 heavy (non-hydrogen) atoms. The molecular formula is C27H29N4O8P. The Morgan fingerprint density at radius 3 is 2.45 bits per heavy atom. The Kier molecular flexibility index (Phi) is 7.35.